The highest BCUT2D eigenvalue weighted by molar-refractivity contribution is 5.45. The van der Waals surface area contributed by atoms with Crippen molar-refractivity contribution in [2.45, 2.75) is 19.0 Å². The van der Waals surface area contributed by atoms with Crippen molar-refractivity contribution in [2.24, 2.45) is 5.92 Å². The Morgan fingerprint density at radius 3 is 2.28 bits per heavy atom. The van der Waals surface area contributed by atoms with Gasteiger partial charge in [-0.05, 0) is 43.0 Å². The Balaban J connectivity index is 1.86. The van der Waals surface area contributed by atoms with Gasteiger partial charge in [0.25, 0.3) is 0 Å². The van der Waals surface area contributed by atoms with E-state index in [0.29, 0.717) is 5.92 Å². The molecule has 1 aliphatic heterocycles. The zero-order chi connectivity index (χ0) is 13.0. The van der Waals surface area contributed by atoms with Crippen molar-refractivity contribution in [3.05, 3.63) is 29.8 Å². The first-order valence-corrected chi connectivity index (χ1v) is 6.04. The summed E-state index contributed by atoms with van der Waals surface area (Å²) in [5, 5.41) is 3.17. The summed E-state index contributed by atoms with van der Waals surface area (Å²) in [6.07, 6.45) is -2.25. The van der Waals surface area contributed by atoms with Gasteiger partial charge in [0.1, 0.15) is 0 Å². The van der Waals surface area contributed by atoms with E-state index in [-0.39, 0.29) is 0 Å². The van der Waals surface area contributed by atoms with Gasteiger partial charge in [-0.1, -0.05) is 0 Å². The Bertz CT molecular complexity index is 369. The molecule has 0 atom stereocenters. The van der Waals surface area contributed by atoms with Crippen LogP contribution in [0, 0.1) is 5.92 Å². The molecule has 0 aliphatic carbocycles. The van der Waals surface area contributed by atoms with Crippen molar-refractivity contribution < 1.29 is 17.9 Å². The van der Waals surface area contributed by atoms with E-state index >= 15 is 0 Å². The number of nitrogens with one attached hydrogen (secondary N) is 1. The van der Waals surface area contributed by atoms with Gasteiger partial charge in [0.05, 0.1) is 5.56 Å². The molecule has 18 heavy (non-hydrogen) atoms. The van der Waals surface area contributed by atoms with Crippen molar-refractivity contribution >= 4 is 5.69 Å². The van der Waals surface area contributed by atoms with E-state index in [9.17, 15) is 13.2 Å². The maximum Gasteiger partial charge on any atom is 0.416 e. The molecule has 2 rings (SSSR count). The average Bonchev–Trinajstić information content (AvgIpc) is 2.37. The van der Waals surface area contributed by atoms with Gasteiger partial charge in [-0.3, -0.25) is 0 Å². The highest BCUT2D eigenvalue weighted by Crippen LogP contribution is 2.29. The molecule has 0 unspecified atom stereocenters. The predicted octanol–water partition coefficient (Wildman–Crippen LogP) is 3.54. The van der Waals surface area contributed by atoms with Crippen LogP contribution in [-0.4, -0.2) is 19.8 Å². The maximum atomic E-state index is 12.4. The molecule has 0 radical (unpaired) electrons. The number of alkyl halides is 3. The van der Waals surface area contributed by atoms with Gasteiger partial charge in [0, 0.05) is 25.4 Å². The van der Waals surface area contributed by atoms with Gasteiger partial charge in [-0.15, -0.1) is 0 Å². The minimum Gasteiger partial charge on any atom is -0.385 e. The summed E-state index contributed by atoms with van der Waals surface area (Å²) in [5.74, 6) is 0.543. The summed E-state index contributed by atoms with van der Waals surface area (Å²) in [6, 6.07) is 5.16. The van der Waals surface area contributed by atoms with Crippen LogP contribution in [0.25, 0.3) is 0 Å². The highest BCUT2D eigenvalue weighted by Gasteiger charge is 2.29. The number of hydrogen-bond acceptors (Lipinski definition) is 2. The van der Waals surface area contributed by atoms with Gasteiger partial charge in [0.15, 0.2) is 0 Å². The lowest BCUT2D eigenvalue weighted by Gasteiger charge is -2.22. The van der Waals surface area contributed by atoms with Crippen LogP contribution in [0.5, 0.6) is 0 Å². The lowest BCUT2D eigenvalue weighted by molar-refractivity contribution is -0.137. The first kappa shape index (κ1) is 13.2. The third-order valence-electron chi connectivity index (χ3n) is 3.15. The Morgan fingerprint density at radius 1 is 1.11 bits per heavy atom. The molecule has 0 bridgehead atoms. The van der Waals surface area contributed by atoms with Crippen LogP contribution in [0.15, 0.2) is 24.3 Å². The van der Waals surface area contributed by atoms with Crippen LogP contribution in [-0.2, 0) is 10.9 Å². The van der Waals surface area contributed by atoms with Gasteiger partial charge < -0.3 is 10.1 Å². The van der Waals surface area contributed by atoms with E-state index in [1.807, 2.05) is 0 Å². The zero-order valence-corrected chi connectivity index (χ0v) is 9.96. The summed E-state index contributed by atoms with van der Waals surface area (Å²) in [4.78, 5) is 0. The van der Waals surface area contributed by atoms with Crippen LogP contribution in [0.1, 0.15) is 18.4 Å². The molecule has 1 N–H and O–H groups in total. The minimum atomic E-state index is -4.26. The van der Waals surface area contributed by atoms with Crippen molar-refractivity contribution in [3.8, 4) is 0 Å². The van der Waals surface area contributed by atoms with Crippen molar-refractivity contribution in [1.82, 2.24) is 0 Å². The van der Waals surface area contributed by atoms with E-state index < -0.39 is 11.7 Å². The summed E-state index contributed by atoms with van der Waals surface area (Å²) in [5.41, 5.74) is 0.119. The highest BCUT2D eigenvalue weighted by atomic mass is 19.4. The summed E-state index contributed by atoms with van der Waals surface area (Å²) in [6.45, 7) is 2.34. The number of anilines is 1. The summed E-state index contributed by atoms with van der Waals surface area (Å²) in [7, 11) is 0. The summed E-state index contributed by atoms with van der Waals surface area (Å²) < 4.78 is 42.3. The average molecular weight is 259 g/mol. The van der Waals surface area contributed by atoms with Gasteiger partial charge in [0.2, 0.25) is 0 Å². The smallest absolute Gasteiger partial charge is 0.385 e. The first-order valence-electron chi connectivity index (χ1n) is 6.04. The van der Waals surface area contributed by atoms with E-state index in [1.165, 1.54) is 12.1 Å². The molecule has 0 saturated carbocycles. The summed E-state index contributed by atoms with van der Waals surface area (Å²) >= 11 is 0. The third kappa shape index (κ3) is 3.63. The largest absolute Gasteiger partial charge is 0.416 e. The maximum absolute atomic E-state index is 12.4. The SMILES string of the molecule is FC(F)(F)c1ccc(NCC2CCOCC2)cc1. The van der Waals surface area contributed by atoms with E-state index in [1.54, 1.807) is 0 Å². The van der Waals surface area contributed by atoms with Crippen LogP contribution < -0.4 is 5.32 Å². The fraction of sp³-hybridized carbons (Fsp3) is 0.538. The van der Waals surface area contributed by atoms with Gasteiger partial charge >= 0.3 is 6.18 Å². The lowest BCUT2D eigenvalue weighted by atomic mass is 10.0. The van der Waals surface area contributed by atoms with Crippen LogP contribution in [0.2, 0.25) is 0 Å². The number of hydrogen-bond donors (Lipinski definition) is 1. The van der Waals surface area contributed by atoms with E-state index in [2.05, 4.69) is 5.32 Å². The second kappa shape index (κ2) is 5.61. The van der Waals surface area contributed by atoms with Crippen molar-refractivity contribution in [2.75, 3.05) is 25.1 Å². The number of halogens is 3. The second-order valence-corrected chi connectivity index (χ2v) is 4.51. The number of benzene rings is 1. The Hall–Kier alpha value is -1.23. The van der Waals surface area contributed by atoms with E-state index in [4.69, 9.17) is 4.74 Å². The lowest BCUT2D eigenvalue weighted by Crippen LogP contribution is -2.22. The minimum absolute atomic E-state index is 0.543. The van der Waals surface area contributed by atoms with Crippen LogP contribution >= 0.6 is 0 Å². The molecule has 1 saturated heterocycles. The van der Waals surface area contributed by atoms with Crippen molar-refractivity contribution in [3.63, 3.8) is 0 Å². The Kier molecular flexibility index (Phi) is 4.11. The van der Waals surface area contributed by atoms with Gasteiger partial charge in [-0.2, -0.15) is 13.2 Å². The quantitative estimate of drug-likeness (QED) is 0.896. The molecule has 5 heteroatoms. The molecule has 1 aromatic rings. The standard InChI is InChI=1S/C13H16F3NO/c14-13(15,16)11-1-3-12(4-2-11)17-9-10-5-7-18-8-6-10/h1-4,10,17H,5-9H2. The molecular formula is C13H16F3NO. The predicted molar refractivity (Wildman–Crippen MR) is 63.5 cm³/mol. The molecule has 2 nitrogen and oxygen atoms in total. The molecule has 1 aromatic carbocycles. The van der Waals surface area contributed by atoms with E-state index in [0.717, 1.165) is 50.4 Å². The van der Waals surface area contributed by atoms with Crippen molar-refractivity contribution in [1.29, 1.82) is 0 Å². The number of rotatable bonds is 3. The van der Waals surface area contributed by atoms with Crippen LogP contribution in [0.4, 0.5) is 18.9 Å². The Labute approximate surface area is 104 Å². The molecule has 1 aliphatic rings. The first-order chi connectivity index (χ1) is 8.55. The molecule has 1 heterocycles. The Morgan fingerprint density at radius 2 is 1.72 bits per heavy atom. The fourth-order valence-electron chi connectivity index (χ4n) is 1.99. The second-order valence-electron chi connectivity index (χ2n) is 4.51. The normalized spacial score (nSPS) is 17.7. The molecule has 1 fully saturated rings. The number of ether oxygens (including phenoxy) is 1. The molecular weight excluding hydrogens is 243 g/mol. The van der Waals surface area contributed by atoms with Gasteiger partial charge in [-0.25, -0.2) is 0 Å². The topological polar surface area (TPSA) is 21.3 Å². The molecule has 0 aromatic heterocycles. The fourth-order valence-corrected chi connectivity index (χ4v) is 1.99. The third-order valence-corrected chi connectivity index (χ3v) is 3.15. The molecule has 0 amide bonds. The monoisotopic (exact) mass is 259 g/mol. The zero-order valence-electron chi connectivity index (χ0n) is 9.96. The van der Waals surface area contributed by atoms with Crippen LogP contribution in [0.3, 0.4) is 0 Å². The molecule has 0 spiro atoms. The molecule has 100 valence electrons.